The molecule has 5 heterocycles. The summed E-state index contributed by atoms with van der Waals surface area (Å²) in [4.78, 5) is 21.1. The van der Waals surface area contributed by atoms with E-state index in [1.54, 1.807) is 12.1 Å². The van der Waals surface area contributed by atoms with Crippen LogP contribution in [0, 0.1) is 12.7 Å². The molecule has 7 rings (SSSR count). The number of hydrogen-bond acceptors (Lipinski definition) is 7. The Balaban J connectivity index is 1.60. The quantitative estimate of drug-likeness (QED) is 0.199. The number of esters is 1. The fourth-order valence-corrected chi connectivity index (χ4v) is 7.19. The molecule has 0 aliphatic carbocycles. The van der Waals surface area contributed by atoms with Crippen molar-refractivity contribution in [1.82, 2.24) is 9.38 Å². The Morgan fingerprint density at radius 3 is 2.58 bits per heavy atom. The number of carbonyl (C=O) groups excluding carboxylic acids is 1. The summed E-state index contributed by atoms with van der Waals surface area (Å²) in [6.07, 6.45) is 7.12. The Morgan fingerprint density at radius 1 is 1.14 bits per heavy atom. The highest BCUT2D eigenvalue weighted by atomic mass is 19.1. The third kappa shape index (κ3) is 7.30. The van der Waals surface area contributed by atoms with Crippen LogP contribution in [0.5, 0.6) is 5.75 Å². The zero-order valence-electron chi connectivity index (χ0n) is 30.5. The van der Waals surface area contributed by atoms with Crippen LogP contribution in [0.1, 0.15) is 89.5 Å². The van der Waals surface area contributed by atoms with Crippen molar-refractivity contribution in [2.24, 2.45) is 0 Å². The topological polar surface area (TPSA) is 74.5 Å². The number of benzene rings is 2. The van der Waals surface area contributed by atoms with Gasteiger partial charge in [-0.2, -0.15) is 0 Å². The van der Waals surface area contributed by atoms with E-state index in [0.717, 1.165) is 77.1 Å². The molecule has 3 aliphatic rings. The number of methoxy groups -OCH3 is 1. The van der Waals surface area contributed by atoms with Gasteiger partial charge in [0.15, 0.2) is 6.10 Å². The smallest absolute Gasteiger partial charge is 0.339 e. The van der Waals surface area contributed by atoms with Crippen LogP contribution < -0.4 is 9.64 Å². The predicted molar refractivity (Wildman–Crippen MR) is 196 cm³/mol. The molecule has 2 atom stereocenters. The molecular formula is C41H50FN3O5. The first-order valence-corrected chi connectivity index (χ1v) is 17.7. The molecule has 6 bridgehead atoms. The SMILES string of the molecule is C=Cc1c(C)c(C(OC(C)(C)C)C(=O)OC)c2n3cc(nc13)-c1cccc(c1)-c1cc(F)ccc1OC(C)CCCCOC1(C)CCN2CC1. The first-order chi connectivity index (χ1) is 23.8. The number of anilines is 1. The van der Waals surface area contributed by atoms with E-state index < -0.39 is 17.7 Å². The number of nitrogens with zero attached hydrogens (tertiary/aromatic N) is 3. The van der Waals surface area contributed by atoms with Crippen molar-refractivity contribution in [3.8, 4) is 28.1 Å². The van der Waals surface area contributed by atoms with Crippen LogP contribution in [0.25, 0.3) is 34.1 Å². The molecule has 0 saturated carbocycles. The minimum atomic E-state index is -0.990. The van der Waals surface area contributed by atoms with Gasteiger partial charge in [-0.15, -0.1) is 0 Å². The second-order valence-electron chi connectivity index (χ2n) is 14.9. The molecule has 2 aromatic carbocycles. The highest BCUT2D eigenvalue weighted by molar-refractivity contribution is 5.85. The third-order valence-corrected chi connectivity index (χ3v) is 9.89. The lowest BCUT2D eigenvalue weighted by Crippen LogP contribution is -2.45. The number of fused-ring (bicyclic) bond motifs is 8. The van der Waals surface area contributed by atoms with Crippen LogP contribution in [-0.4, -0.2) is 59.5 Å². The van der Waals surface area contributed by atoms with Crippen molar-refractivity contribution in [2.45, 2.75) is 97.1 Å². The van der Waals surface area contributed by atoms with Gasteiger partial charge in [0.1, 0.15) is 23.0 Å². The Morgan fingerprint density at radius 2 is 1.88 bits per heavy atom. The maximum absolute atomic E-state index is 14.7. The zero-order chi connectivity index (χ0) is 35.8. The molecule has 0 radical (unpaired) electrons. The van der Waals surface area contributed by atoms with Crippen molar-refractivity contribution >= 4 is 23.5 Å². The Labute approximate surface area is 295 Å². The molecule has 1 fully saturated rings. The van der Waals surface area contributed by atoms with Gasteiger partial charge in [-0.1, -0.05) is 30.9 Å². The summed E-state index contributed by atoms with van der Waals surface area (Å²) in [7, 11) is 1.39. The summed E-state index contributed by atoms with van der Waals surface area (Å²) in [6.45, 7) is 18.3. The van der Waals surface area contributed by atoms with Crippen LogP contribution in [0.2, 0.25) is 0 Å². The molecule has 0 amide bonds. The van der Waals surface area contributed by atoms with Gasteiger partial charge < -0.3 is 23.8 Å². The first kappa shape index (κ1) is 35.6. The first-order valence-electron chi connectivity index (χ1n) is 17.7. The van der Waals surface area contributed by atoms with E-state index in [9.17, 15) is 9.18 Å². The van der Waals surface area contributed by atoms with Gasteiger partial charge in [0.25, 0.3) is 0 Å². The van der Waals surface area contributed by atoms with Crippen LogP contribution in [0.15, 0.2) is 55.2 Å². The molecule has 1 saturated heterocycles. The van der Waals surface area contributed by atoms with Gasteiger partial charge in [0, 0.05) is 48.1 Å². The lowest BCUT2D eigenvalue weighted by Gasteiger charge is -2.42. The van der Waals surface area contributed by atoms with Gasteiger partial charge in [0.05, 0.1) is 30.1 Å². The second kappa shape index (κ2) is 14.2. The third-order valence-electron chi connectivity index (χ3n) is 9.89. The highest BCUT2D eigenvalue weighted by Gasteiger charge is 2.38. The molecule has 8 nitrogen and oxygen atoms in total. The Hall–Kier alpha value is -4.21. The molecule has 9 heteroatoms. The molecule has 2 unspecified atom stereocenters. The fourth-order valence-electron chi connectivity index (χ4n) is 7.19. The van der Waals surface area contributed by atoms with E-state index in [4.69, 9.17) is 23.9 Å². The summed E-state index contributed by atoms with van der Waals surface area (Å²) >= 11 is 0. The number of hydrogen-bond donors (Lipinski definition) is 0. The van der Waals surface area contributed by atoms with Crippen molar-refractivity contribution in [2.75, 3.05) is 31.7 Å². The van der Waals surface area contributed by atoms with Gasteiger partial charge in [0.2, 0.25) is 0 Å². The average molecular weight is 684 g/mol. The number of carbonyl (C=O) groups is 1. The van der Waals surface area contributed by atoms with Crippen LogP contribution in [0.3, 0.4) is 0 Å². The highest BCUT2D eigenvalue weighted by Crippen LogP contribution is 2.42. The second-order valence-corrected chi connectivity index (χ2v) is 14.9. The van der Waals surface area contributed by atoms with E-state index in [2.05, 4.69) is 29.7 Å². The van der Waals surface area contributed by atoms with Crippen LogP contribution >= 0.6 is 0 Å². The number of piperidine rings is 1. The number of aromatic nitrogens is 2. The lowest BCUT2D eigenvalue weighted by atomic mass is 9.91. The normalized spacial score (nSPS) is 20.6. The number of imidazole rings is 1. The zero-order valence-corrected chi connectivity index (χ0v) is 30.5. The fraction of sp³-hybridized carbons (Fsp3) is 0.463. The van der Waals surface area contributed by atoms with Gasteiger partial charge in [-0.05, 0) is 109 Å². The molecular weight excluding hydrogens is 633 g/mol. The average Bonchev–Trinajstić information content (AvgIpc) is 3.52. The standard InChI is InChI=1S/C41H50FN3O5/c1-9-31-27(3)35(36(39(46)47-8)50-40(4,5)6)38-44-20-18-41(7,19-21-44)48-22-11-10-13-26(2)49-34-17-16-30(42)24-32(34)28-14-12-15-29(23-28)33-25-45(38)37(31)43-33/h9,12,14-17,23-26,36H,1,10-11,13,18-22H2,2-8H3. The lowest BCUT2D eigenvalue weighted by molar-refractivity contribution is -0.164. The number of halogens is 1. The number of rotatable bonds is 4. The van der Waals surface area contributed by atoms with Crippen molar-refractivity contribution in [3.63, 3.8) is 0 Å². The van der Waals surface area contributed by atoms with Crippen molar-refractivity contribution in [1.29, 1.82) is 0 Å². The molecule has 0 N–H and O–H groups in total. The number of ether oxygens (including phenoxy) is 4. The van der Waals surface area contributed by atoms with Gasteiger partial charge >= 0.3 is 5.97 Å². The molecule has 2 aromatic heterocycles. The van der Waals surface area contributed by atoms with E-state index in [1.165, 1.54) is 19.2 Å². The maximum Gasteiger partial charge on any atom is 0.339 e. The van der Waals surface area contributed by atoms with E-state index >= 15 is 0 Å². The Bertz CT molecular complexity index is 1890. The van der Waals surface area contributed by atoms with Crippen LogP contribution in [-0.2, 0) is 19.0 Å². The van der Waals surface area contributed by atoms with E-state index in [1.807, 2.05) is 58.2 Å². The minimum absolute atomic E-state index is 0.0467. The number of pyridine rings is 1. The van der Waals surface area contributed by atoms with Gasteiger partial charge in [-0.3, -0.25) is 4.40 Å². The van der Waals surface area contributed by atoms with Crippen molar-refractivity contribution in [3.05, 3.63) is 77.7 Å². The predicted octanol–water partition coefficient (Wildman–Crippen LogP) is 9.11. The van der Waals surface area contributed by atoms with E-state index in [-0.39, 0.29) is 17.5 Å². The monoisotopic (exact) mass is 683 g/mol. The summed E-state index contributed by atoms with van der Waals surface area (Å²) in [5, 5.41) is 0. The summed E-state index contributed by atoms with van der Waals surface area (Å²) in [5.41, 5.74) is 5.28. The largest absolute Gasteiger partial charge is 0.490 e. The molecule has 4 aromatic rings. The van der Waals surface area contributed by atoms with E-state index in [0.29, 0.717) is 31.0 Å². The summed E-state index contributed by atoms with van der Waals surface area (Å²) in [6, 6.07) is 12.6. The van der Waals surface area contributed by atoms with Gasteiger partial charge in [-0.25, -0.2) is 14.2 Å². The van der Waals surface area contributed by atoms with Crippen LogP contribution in [0.4, 0.5) is 10.2 Å². The molecule has 0 spiro atoms. The summed E-state index contributed by atoms with van der Waals surface area (Å²) in [5.74, 6) is 0.673. The molecule has 3 aliphatic heterocycles. The summed E-state index contributed by atoms with van der Waals surface area (Å²) < 4.78 is 41.6. The molecule has 50 heavy (non-hydrogen) atoms. The molecule has 266 valence electrons. The Kier molecular flexibility index (Phi) is 10.1. The van der Waals surface area contributed by atoms with Crippen molar-refractivity contribution < 1.29 is 28.1 Å². The minimum Gasteiger partial charge on any atom is -0.490 e. The maximum atomic E-state index is 14.7.